The highest BCUT2D eigenvalue weighted by Gasteiger charge is 2.30. The van der Waals surface area contributed by atoms with Crippen LogP contribution >= 0.6 is 0 Å². The van der Waals surface area contributed by atoms with Crippen LogP contribution in [0.25, 0.3) is 0 Å². The van der Waals surface area contributed by atoms with Crippen molar-refractivity contribution >= 4 is 23.2 Å². The fourth-order valence-corrected chi connectivity index (χ4v) is 3.67. The van der Waals surface area contributed by atoms with Crippen LogP contribution in [0.15, 0.2) is 36.5 Å². The third-order valence-corrected chi connectivity index (χ3v) is 5.24. The van der Waals surface area contributed by atoms with E-state index in [1.165, 1.54) is 5.69 Å². The van der Waals surface area contributed by atoms with Gasteiger partial charge in [-0.1, -0.05) is 0 Å². The Morgan fingerprint density at radius 1 is 1.21 bits per heavy atom. The van der Waals surface area contributed by atoms with E-state index in [0.717, 1.165) is 44.8 Å². The van der Waals surface area contributed by atoms with E-state index in [1.807, 2.05) is 12.1 Å². The minimum Gasteiger partial charge on any atom is -0.477 e. The maximum absolute atomic E-state index is 11.0. The van der Waals surface area contributed by atoms with E-state index >= 15 is 0 Å². The molecule has 0 bridgehead atoms. The van der Waals surface area contributed by atoms with Gasteiger partial charge in [-0.15, -0.1) is 0 Å². The first-order valence-electron chi connectivity index (χ1n) is 10.1. The van der Waals surface area contributed by atoms with Crippen LogP contribution in [0.1, 0.15) is 19.8 Å². The van der Waals surface area contributed by atoms with E-state index in [9.17, 15) is 4.79 Å². The van der Waals surface area contributed by atoms with E-state index in [1.54, 1.807) is 19.2 Å². The molecule has 1 aliphatic carbocycles. The fourth-order valence-electron chi connectivity index (χ4n) is 3.67. The molecule has 29 heavy (non-hydrogen) atoms. The molecule has 4 rings (SSSR count). The predicted octanol–water partition coefficient (Wildman–Crippen LogP) is 2.35. The number of hydrogen-bond donors (Lipinski definition) is 2. The van der Waals surface area contributed by atoms with Gasteiger partial charge in [-0.25, -0.2) is 4.98 Å². The molecule has 2 N–H and O–H groups in total. The molecular weight excluding hydrogens is 370 g/mol. The van der Waals surface area contributed by atoms with Gasteiger partial charge in [0, 0.05) is 49.7 Å². The molecule has 1 saturated carbocycles. The fraction of sp³-hybridized carbons (Fsp3) is 0.476. The zero-order chi connectivity index (χ0) is 20.1. The van der Waals surface area contributed by atoms with Crippen molar-refractivity contribution in [1.82, 2.24) is 15.3 Å². The number of rotatable bonds is 7. The van der Waals surface area contributed by atoms with Gasteiger partial charge in [0.15, 0.2) is 0 Å². The Balaban J connectivity index is 1.27. The summed E-state index contributed by atoms with van der Waals surface area (Å²) < 4.78 is 11.2. The summed E-state index contributed by atoms with van der Waals surface area (Å²) in [6.45, 7) is 5.53. The van der Waals surface area contributed by atoms with Gasteiger partial charge < -0.3 is 25.0 Å². The average molecular weight is 397 g/mol. The van der Waals surface area contributed by atoms with Crippen molar-refractivity contribution in [2.75, 3.05) is 43.1 Å². The molecule has 1 aromatic heterocycles. The number of carbonyl (C=O) groups is 1. The molecule has 0 unspecified atom stereocenters. The number of nitrogens with zero attached hydrogens (tertiary/aromatic N) is 3. The minimum absolute atomic E-state index is 0.0267. The zero-order valence-electron chi connectivity index (χ0n) is 16.6. The second-order valence-corrected chi connectivity index (χ2v) is 7.54. The van der Waals surface area contributed by atoms with Gasteiger partial charge in [0.05, 0.1) is 19.8 Å². The van der Waals surface area contributed by atoms with Crippen molar-refractivity contribution in [2.45, 2.75) is 25.8 Å². The van der Waals surface area contributed by atoms with Crippen molar-refractivity contribution in [1.29, 1.82) is 0 Å². The predicted molar refractivity (Wildman–Crippen MR) is 111 cm³/mol. The van der Waals surface area contributed by atoms with Crippen LogP contribution in [0, 0.1) is 5.92 Å². The maximum atomic E-state index is 11.0. The number of aromatic nitrogens is 2. The smallest absolute Gasteiger partial charge is 0.230 e. The van der Waals surface area contributed by atoms with Gasteiger partial charge in [0.1, 0.15) is 0 Å². The molecular formula is C21H27N5O3. The molecule has 2 aromatic rings. The highest BCUT2D eigenvalue weighted by atomic mass is 16.5. The van der Waals surface area contributed by atoms with E-state index in [0.29, 0.717) is 24.4 Å². The van der Waals surface area contributed by atoms with Gasteiger partial charge in [0.25, 0.3) is 0 Å². The van der Waals surface area contributed by atoms with Crippen molar-refractivity contribution in [2.24, 2.45) is 5.92 Å². The van der Waals surface area contributed by atoms with E-state index < -0.39 is 0 Å². The second kappa shape index (κ2) is 9.09. The normalized spacial score (nSPS) is 21.2. The first kappa shape index (κ1) is 19.4. The van der Waals surface area contributed by atoms with Crippen LogP contribution < -0.4 is 20.3 Å². The van der Waals surface area contributed by atoms with Crippen LogP contribution in [0.4, 0.5) is 17.3 Å². The summed E-state index contributed by atoms with van der Waals surface area (Å²) in [6, 6.07) is 10.3. The van der Waals surface area contributed by atoms with Gasteiger partial charge in [-0.2, -0.15) is 4.98 Å². The number of ether oxygens (including phenoxy) is 2. The maximum Gasteiger partial charge on any atom is 0.230 e. The van der Waals surface area contributed by atoms with Gasteiger partial charge in [-0.3, -0.25) is 4.79 Å². The summed E-state index contributed by atoms with van der Waals surface area (Å²) in [4.78, 5) is 22.1. The number of morpholine rings is 1. The zero-order valence-corrected chi connectivity index (χ0v) is 16.6. The molecule has 8 heteroatoms. The Labute approximate surface area is 170 Å². The Morgan fingerprint density at radius 2 is 1.97 bits per heavy atom. The quantitative estimate of drug-likeness (QED) is 0.741. The van der Waals surface area contributed by atoms with Gasteiger partial charge >= 0.3 is 0 Å². The average Bonchev–Trinajstić information content (AvgIpc) is 2.71. The Morgan fingerprint density at radius 3 is 2.69 bits per heavy atom. The molecule has 154 valence electrons. The van der Waals surface area contributed by atoms with E-state index in [-0.39, 0.29) is 11.9 Å². The molecule has 0 atom stereocenters. The second-order valence-electron chi connectivity index (χ2n) is 7.54. The minimum atomic E-state index is 0.0267. The van der Waals surface area contributed by atoms with E-state index in [4.69, 9.17) is 9.47 Å². The summed E-state index contributed by atoms with van der Waals surface area (Å²) >= 11 is 0. The molecule has 0 radical (unpaired) electrons. The van der Waals surface area contributed by atoms with Crippen LogP contribution in [-0.4, -0.2) is 54.8 Å². The Kier molecular flexibility index (Phi) is 6.09. The van der Waals surface area contributed by atoms with Crippen molar-refractivity contribution in [3.63, 3.8) is 0 Å². The summed E-state index contributed by atoms with van der Waals surface area (Å²) in [5, 5.41) is 6.16. The van der Waals surface area contributed by atoms with Crippen LogP contribution in [0.2, 0.25) is 0 Å². The Hall–Kier alpha value is -2.87. The monoisotopic (exact) mass is 397 g/mol. The summed E-state index contributed by atoms with van der Waals surface area (Å²) in [7, 11) is 0. The Bertz CT molecular complexity index is 817. The number of carbonyl (C=O) groups excluding carboxylic acids is 1. The highest BCUT2D eigenvalue weighted by molar-refractivity contribution is 5.73. The summed E-state index contributed by atoms with van der Waals surface area (Å²) in [6.07, 6.45) is 3.59. The lowest BCUT2D eigenvalue weighted by Crippen LogP contribution is -2.45. The lowest BCUT2D eigenvalue weighted by Gasteiger charge is -2.35. The first-order chi connectivity index (χ1) is 14.2. The number of amides is 1. The third kappa shape index (κ3) is 5.35. The number of nitrogens with one attached hydrogen (secondary N) is 2. The lowest BCUT2D eigenvalue weighted by molar-refractivity contribution is -0.120. The molecule has 2 fully saturated rings. The molecule has 1 aliphatic heterocycles. The topological polar surface area (TPSA) is 88.6 Å². The third-order valence-electron chi connectivity index (χ3n) is 5.24. The largest absolute Gasteiger partial charge is 0.477 e. The summed E-state index contributed by atoms with van der Waals surface area (Å²) in [5.41, 5.74) is 2.12. The van der Waals surface area contributed by atoms with Crippen LogP contribution in [-0.2, 0) is 9.53 Å². The lowest BCUT2D eigenvalue weighted by atomic mass is 9.81. The SMILES string of the molecule is CC(=O)NC1CC(COc2ccnc(Nc3ccc(N4CCOCC4)cc3)n2)C1. The number of benzene rings is 1. The first-order valence-corrected chi connectivity index (χ1v) is 10.1. The molecule has 1 aromatic carbocycles. The van der Waals surface area contributed by atoms with Crippen molar-refractivity contribution in [3.8, 4) is 5.88 Å². The summed E-state index contributed by atoms with van der Waals surface area (Å²) in [5.74, 6) is 1.53. The molecule has 0 spiro atoms. The van der Waals surface area contributed by atoms with Crippen LogP contribution in [0.5, 0.6) is 5.88 Å². The molecule has 2 heterocycles. The van der Waals surface area contributed by atoms with Gasteiger partial charge in [0.2, 0.25) is 17.7 Å². The van der Waals surface area contributed by atoms with Crippen LogP contribution in [0.3, 0.4) is 0 Å². The number of hydrogen-bond acceptors (Lipinski definition) is 7. The highest BCUT2D eigenvalue weighted by Crippen LogP contribution is 2.28. The molecule has 8 nitrogen and oxygen atoms in total. The van der Waals surface area contributed by atoms with Crippen molar-refractivity contribution < 1.29 is 14.3 Å². The van der Waals surface area contributed by atoms with Gasteiger partial charge in [-0.05, 0) is 43.0 Å². The molecule has 2 aliphatic rings. The number of anilines is 3. The molecule has 1 saturated heterocycles. The molecule has 1 amide bonds. The van der Waals surface area contributed by atoms with Crippen molar-refractivity contribution in [3.05, 3.63) is 36.5 Å². The van der Waals surface area contributed by atoms with E-state index in [2.05, 4.69) is 37.6 Å². The standard InChI is InChI=1S/C21H27N5O3/c1-15(27)23-18-12-16(13-18)14-29-20-6-7-22-21(25-20)24-17-2-4-19(5-3-17)26-8-10-28-11-9-26/h2-7,16,18H,8-14H2,1H3,(H,23,27)(H,22,24,25).